The number of carbonyl (C=O) groups excluding carboxylic acids is 3. The molecule has 0 spiro atoms. The molecule has 73 heavy (non-hydrogen) atoms. The highest BCUT2D eigenvalue weighted by Gasteiger charge is 2.42. The topological polar surface area (TPSA) is 120 Å². The minimum atomic E-state index is -0.0914. The monoisotopic (exact) mass is 1080 g/mol. The largest absolute Gasteiger partial charge is 0.508 e. The SMILES string of the molecule is CC(=O)N1CCC(CC(=O)N2CCN(C(c3ccc(O)cc3)c3ccc(Cl)cc3)CC2C(C)(C)C)CC1.CC(C)(C)C1CN(C(c2ccc(O)cc2)c2ccc(Cl)cc2)CCN1C(=O)CC1CCNCC1.Cl.Cl. The fourth-order valence-electron chi connectivity index (χ4n) is 11.3. The van der Waals surface area contributed by atoms with Crippen molar-refractivity contribution in [3.05, 3.63) is 129 Å². The predicted octanol–water partition coefficient (Wildman–Crippen LogP) is 11.3. The number of nitrogens with one attached hydrogen (secondary N) is 1. The van der Waals surface area contributed by atoms with E-state index in [0.717, 1.165) is 107 Å². The van der Waals surface area contributed by atoms with E-state index in [0.29, 0.717) is 47.2 Å². The number of rotatable bonds is 10. The van der Waals surface area contributed by atoms with Crippen molar-refractivity contribution in [3.63, 3.8) is 0 Å². The Morgan fingerprint density at radius 2 is 0.863 bits per heavy atom. The van der Waals surface area contributed by atoms with Crippen LogP contribution in [0.4, 0.5) is 0 Å². The maximum absolute atomic E-state index is 13.6. The highest BCUT2D eigenvalue weighted by Crippen LogP contribution is 2.39. The molecule has 400 valence electrons. The highest BCUT2D eigenvalue weighted by atomic mass is 35.5. The molecule has 0 aliphatic carbocycles. The molecule has 3 amide bonds. The molecule has 0 radical (unpaired) electrons. The Morgan fingerprint density at radius 1 is 0.534 bits per heavy atom. The summed E-state index contributed by atoms with van der Waals surface area (Å²) in [5.74, 6) is 1.99. The Labute approximate surface area is 457 Å². The lowest BCUT2D eigenvalue weighted by Gasteiger charge is -2.50. The maximum Gasteiger partial charge on any atom is 0.223 e. The van der Waals surface area contributed by atoms with Crippen LogP contribution in [0.5, 0.6) is 11.5 Å². The zero-order valence-electron chi connectivity index (χ0n) is 43.9. The van der Waals surface area contributed by atoms with Gasteiger partial charge in [-0.1, -0.05) is 113 Å². The van der Waals surface area contributed by atoms with E-state index in [1.807, 2.05) is 53.4 Å². The fourth-order valence-corrected chi connectivity index (χ4v) is 11.5. The van der Waals surface area contributed by atoms with E-state index in [4.69, 9.17) is 23.2 Å². The number of likely N-dealkylation sites (tertiary alicyclic amines) is 1. The van der Waals surface area contributed by atoms with Gasteiger partial charge in [0.25, 0.3) is 0 Å². The third-order valence-corrected chi connectivity index (χ3v) is 15.9. The van der Waals surface area contributed by atoms with Gasteiger partial charge in [0.1, 0.15) is 11.5 Å². The third-order valence-electron chi connectivity index (χ3n) is 15.4. The van der Waals surface area contributed by atoms with Crippen LogP contribution in [0.3, 0.4) is 0 Å². The van der Waals surface area contributed by atoms with Crippen LogP contribution in [-0.2, 0) is 14.4 Å². The third kappa shape index (κ3) is 16.0. The predicted molar refractivity (Wildman–Crippen MR) is 300 cm³/mol. The normalized spacial score (nSPS) is 20.4. The second-order valence-corrected chi connectivity index (χ2v) is 23.4. The molecular weight excluding hydrogens is 1000 g/mol. The van der Waals surface area contributed by atoms with Crippen molar-refractivity contribution in [2.24, 2.45) is 22.7 Å². The van der Waals surface area contributed by atoms with Crippen molar-refractivity contribution in [2.45, 2.75) is 111 Å². The molecule has 4 aromatic rings. The quantitative estimate of drug-likeness (QED) is 0.144. The molecule has 15 heteroatoms. The van der Waals surface area contributed by atoms with Gasteiger partial charge in [0.05, 0.1) is 12.1 Å². The van der Waals surface area contributed by atoms with Crippen LogP contribution < -0.4 is 5.32 Å². The van der Waals surface area contributed by atoms with E-state index < -0.39 is 0 Å². The fraction of sp³-hybridized carbons (Fsp3) is 0.534. The molecule has 11 nitrogen and oxygen atoms in total. The zero-order valence-corrected chi connectivity index (χ0v) is 47.1. The molecule has 0 bridgehead atoms. The lowest BCUT2D eigenvalue weighted by molar-refractivity contribution is -0.142. The van der Waals surface area contributed by atoms with Gasteiger partial charge in [0.2, 0.25) is 17.7 Å². The summed E-state index contributed by atoms with van der Waals surface area (Å²) in [5, 5.41) is 24.6. The maximum atomic E-state index is 13.6. The van der Waals surface area contributed by atoms with Gasteiger partial charge in [-0.25, -0.2) is 0 Å². The Hall–Kier alpha value is -4.07. The van der Waals surface area contributed by atoms with Crippen LogP contribution in [0, 0.1) is 22.7 Å². The Kier molecular flexibility index (Phi) is 21.8. The number of piperazine rings is 2. The number of phenolic OH excluding ortho intramolecular Hbond substituents is 2. The van der Waals surface area contributed by atoms with Gasteiger partial charge in [-0.2, -0.15) is 0 Å². The average molecular weight is 1080 g/mol. The number of benzene rings is 4. The number of piperidine rings is 2. The van der Waals surface area contributed by atoms with Gasteiger partial charge < -0.3 is 30.2 Å². The Balaban J connectivity index is 0.000000264. The summed E-state index contributed by atoms with van der Waals surface area (Å²) < 4.78 is 0. The summed E-state index contributed by atoms with van der Waals surface area (Å²) in [7, 11) is 0. The van der Waals surface area contributed by atoms with E-state index in [1.54, 1.807) is 31.2 Å². The summed E-state index contributed by atoms with van der Waals surface area (Å²) in [4.78, 5) is 49.9. The molecular formula is C58H80Cl4N6O5. The first-order valence-corrected chi connectivity index (χ1v) is 26.6. The molecule has 4 heterocycles. The number of nitrogens with zero attached hydrogens (tertiary/aromatic N) is 5. The summed E-state index contributed by atoms with van der Waals surface area (Å²) >= 11 is 12.4. The van der Waals surface area contributed by atoms with Crippen molar-refractivity contribution < 1.29 is 24.6 Å². The van der Waals surface area contributed by atoms with Gasteiger partial charge in [0, 0.05) is 94.3 Å². The van der Waals surface area contributed by atoms with Gasteiger partial charge >= 0.3 is 0 Å². The first-order valence-electron chi connectivity index (χ1n) is 25.9. The first kappa shape index (κ1) is 59.8. The molecule has 4 fully saturated rings. The van der Waals surface area contributed by atoms with Gasteiger partial charge in [0.15, 0.2) is 0 Å². The van der Waals surface area contributed by atoms with Crippen LogP contribution >= 0.6 is 48.0 Å². The second kappa shape index (κ2) is 26.6. The lowest BCUT2D eigenvalue weighted by Crippen LogP contribution is -2.60. The number of aromatic hydroxyl groups is 2. The molecule has 0 aromatic heterocycles. The molecule has 4 aliphatic rings. The van der Waals surface area contributed by atoms with Crippen molar-refractivity contribution in [2.75, 3.05) is 65.4 Å². The minimum absolute atomic E-state index is 0. The first-order chi connectivity index (χ1) is 33.7. The highest BCUT2D eigenvalue weighted by molar-refractivity contribution is 6.30. The van der Waals surface area contributed by atoms with Crippen molar-refractivity contribution in [1.82, 2.24) is 29.8 Å². The average Bonchev–Trinajstić information content (AvgIpc) is 3.34. The number of hydrogen-bond acceptors (Lipinski definition) is 8. The summed E-state index contributed by atoms with van der Waals surface area (Å²) in [5.41, 5.74) is 4.40. The van der Waals surface area contributed by atoms with Crippen LogP contribution in [0.2, 0.25) is 10.0 Å². The summed E-state index contributed by atoms with van der Waals surface area (Å²) in [6.45, 7) is 23.0. The molecule has 4 atom stereocenters. The standard InChI is InChI=1S/C30H40ClN3O3.C28H38ClN3O2.2ClH/c1-21(35)32-15-13-22(14-16-32)19-28(37)34-18-17-33(20-27(34)30(2,3)4)29(23-5-9-25(31)10-6-23)24-7-11-26(36)12-8-24;1-28(2,3)25-19-31(16-17-32(25)26(34)18-20-12-14-30-15-13-20)27(21-4-8-23(29)9-5-21)22-6-10-24(33)11-7-22;;/h5-12,22,27,29,36H,13-20H2,1-4H3;4-11,20,25,27,30,33H,12-19H2,1-3H3;2*1H. The van der Waals surface area contributed by atoms with Gasteiger partial charge in [-0.05, 0) is 132 Å². The number of phenols is 2. The van der Waals surface area contributed by atoms with Crippen molar-refractivity contribution in [3.8, 4) is 11.5 Å². The Bertz CT molecular complexity index is 2270. The molecule has 4 unspecified atom stereocenters. The summed E-state index contributed by atoms with van der Waals surface area (Å²) in [6.07, 6.45) is 5.18. The number of hydrogen-bond donors (Lipinski definition) is 3. The van der Waals surface area contributed by atoms with Gasteiger partial charge in [-0.3, -0.25) is 24.2 Å². The van der Waals surface area contributed by atoms with E-state index >= 15 is 0 Å². The molecule has 4 saturated heterocycles. The van der Waals surface area contributed by atoms with E-state index in [9.17, 15) is 24.6 Å². The molecule has 8 rings (SSSR count). The Morgan fingerprint density at radius 3 is 1.19 bits per heavy atom. The smallest absolute Gasteiger partial charge is 0.223 e. The van der Waals surface area contributed by atoms with Crippen LogP contribution in [0.25, 0.3) is 0 Å². The number of amides is 3. The molecule has 0 saturated carbocycles. The zero-order chi connectivity index (χ0) is 51.0. The summed E-state index contributed by atoms with van der Waals surface area (Å²) in [6, 6.07) is 31.1. The molecule has 4 aromatic carbocycles. The molecule has 4 aliphatic heterocycles. The van der Waals surface area contributed by atoms with Crippen LogP contribution in [0.1, 0.15) is 121 Å². The number of carbonyl (C=O) groups is 3. The molecule has 3 N–H and O–H groups in total. The lowest BCUT2D eigenvalue weighted by atomic mass is 9.82. The van der Waals surface area contributed by atoms with Crippen molar-refractivity contribution >= 4 is 65.7 Å². The van der Waals surface area contributed by atoms with E-state index in [2.05, 4.69) is 90.7 Å². The minimum Gasteiger partial charge on any atom is -0.508 e. The van der Waals surface area contributed by atoms with E-state index in [1.165, 1.54) is 0 Å². The number of halogens is 4. The van der Waals surface area contributed by atoms with Crippen LogP contribution in [-0.4, -0.2) is 130 Å². The van der Waals surface area contributed by atoms with Crippen LogP contribution in [0.15, 0.2) is 97.1 Å². The van der Waals surface area contributed by atoms with Crippen molar-refractivity contribution in [1.29, 1.82) is 0 Å². The second-order valence-electron chi connectivity index (χ2n) is 22.6. The van der Waals surface area contributed by atoms with Gasteiger partial charge in [-0.15, -0.1) is 24.8 Å². The van der Waals surface area contributed by atoms with E-state index in [-0.39, 0.29) is 83.1 Å².